The van der Waals surface area contributed by atoms with Gasteiger partial charge in [-0.1, -0.05) is 30.3 Å². The molecule has 0 aliphatic heterocycles. The minimum atomic E-state index is -1.10. The summed E-state index contributed by atoms with van der Waals surface area (Å²) >= 11 is 0. The van der Waals surface area contributed by atoms with Crippen LogP contribution in [0, 0.1) is 18.6 Å². The van der Waals surface area contributed by atoms with Crippen LogP contribution in [0.3, 0.4) is 0 Å². The minimum Gasteiger partial charge on any atom is -0.494 e. The summed E-state index contributed by atoms with van der Waals surface area (Å²) < 4.78 is 32.8. The van der Waals surface area contributed by atoms with Crippen LogP contribution in [-0.2, 0) is 6.42 Å². The first-order chi connectivity index (χ1) is 9.54. The average Bonchev–Trinajstić information content (AvgIpc) is 2.44. The molecule has 4 heteroatoms. The molecule has 0 saturated carbocycles. The number of hydrogen-bond acceptors (Lipinski definition) is 2. The van der Waals surface area contributed by atoms with Crippen LogP contribution >= 0.6 is 0 Å². The molecule has 106 valence electrons. The number of rotatable bonds is 4. The molecule has 0 amide bonds. The van der Waals surface area contributed by atoms with Crippen LogP contribution in [-0.4, -0.2) is 12.2 Å². The zero-order chi connectivity index (χ0) is 14.7. The predicted octanol–water partition coefficient (Wildman–Crippen LogP) is 3.56. The molecular weight excluding hydrogens is 262 g/mol. The van der Waals surface area contributed by atoms with E-state index in [-0.39, 0.29) is 23.3 Å². The Morgan fingerprint density at radius 2 is 1.80 bits per heavy atom. The number of aryl methyl sites for hydroxylation is 1. The summed E-state index contributed by atoms with van der Waals surface area (Å²) in [4.78, 5) is 0. The van der Waals surface area contributed by atoms with E-state index in [4.69, 9.17) is 4.74 Å². The van der Waals surface area contributed by atoms with Gasteiger partial charge in [0.2, 0.25) is 0 Å². The monoisotopic (exact) mass is 278 g/mol. The fourth-order valence-electron chi connectivity index (χ4n) is 2.12. The van der Waals surface area contributed by atoms with Gasteiger partial charge in [0.25, 0.3) is 0 Å². The first-order valence-corrected chi connectivity index (χ1v) is 6.29. The van der Waals surface area contributed by atoms with E-state index in [0.717, 1.165) is 0 Å². The highest BCUT2D eigenvalue weighted by molar-refractivity contribution is 5.33. The van der Waals surface area contributed by atoms with Crippen LogP contribution in [0.25, 0.3) is 0 Å². The van der Waals surface area contributed by atoms with Crippen molar-refractivity contribution in [2.75, 3.05) is 7.11 Å². The standard InChI is InChI=1S/C16H16F2O2/c1-10-5-3-7-12(15(10)17)13(19)9-11-6-4-8-14(20-2)16(11)18/h3-8,13,19H,9H2,1-2H3. The fraction of sp³-hybridized carbons (Fsp3) is 0.250. The number of benzene rings is 2. The zero-order valence-electron chi connectivity index (χ0n) is 11.4. The second-order valence-corrected chi connectivity index (χ2v) is 4.63. The van der Waals surface area contributed by atoms with Crippen LogP contribution in [0.2, 0.25) is 0 Å². The predicted molar refractivity (Wildman–Crippen MR) is 72.8 cm³/mol. The minimum absolute atomic E-state index is 0.0105. The quantitative estimate of drug-likeness (QED) is 0.926. The van der Waals surface area contributed by atoms with Gasteiger partial charge in [0.1, 0.15) is 5.82 Å². The lowest BCUT2D eigenvalue weighted by molar-refractivity contribution is 0.172. The molecule has 2 rings (SSSR count). The molecule has 0 heterocycles. The zero-order valence-corrected chi connectivity index (χ0v) is 11.4. The van der Waals surface area contributed by atoms with E-state index >= 15 is 0 Å². The lowest BCUT2D eigenvalue weighted by atomic mass is 9.99. The molecule has 0 fully saturated rings. The fourth-order valence-corrected chi connectivity index (χ4v) is 2.12. The number of ether oxygens (including phenoxy) is 1. The highest BCUT2D eigenvalue weighted by Gasteiger charge is 2.17. The van der Waals surface area contributed by atoms with Crippen molar-refractivity contribution in [2.24, 2.45) is 0 Å². The average molecular weight is 278 g/mol. The molecule has 0 radical (unpaired) electrons. The van der Waals surface area contributed by atoms with E-state index < -0.39 is 17.7 Å². The highest BCUT2D eigenvalue weighted by atomic mass is 19.1. The Kier molecular flexibility index (Phi) is 4.35. The molecule has 1 N–H and O–H groups in total. The van der Waals surface area contributed by atoms with Crippen molar-refractivity contribution < 1.29 is 18.6 Å². The van der Waals surface area contributed by atoms with Crippen molar-refractivity contribution in [3.63, 3.8) is 0 Å². The second-order valence-electron chi connectivity index (χ2n) is 4.63. The smallest absolute Gasteiger partial charge is 0.168 e. The lowest BCUT2D eigenvalue weighted by Crippen LogP contribution is -2.07. The normalized spacial score (nSPS) is 12.2. The molecule has 20 heavy (non-hydrogen) atoms. The number of methoxy groups -OCH3 is 1. The topological polar surface area (TPSA) is 29.5 Å². The number of aliphatic hydroxyl groups is 1. The Bertz CT molecular complexity index is 611. The Balaban J connectivity index is 2.28. The molecule has 2 aromatic carbocycles. The molecular formula is C16H16F2O2. The Morgan fingerprint density at radius 3 is 2.50 bits per heavy atom. The van der Waals surface area contributed by atoms with Crippen LogP contribution < -0.4 is 4.74 Å². The van der Waals surface area contributed by atoms with Crippen LogP contribution in [0.15, 0.2) is 36.4 Å². The van der Waals surface area contributed by atoms with E-state index in [2.05, 4.69) is 0 Å². The summed E-state index contributed by atoms with van der Waals surface area (Å²) in [5.74, 6) is -0.871. The first-order valence-electron chi connectivity index (χ1n) is 6.29. The number of hydrogen-bond donors (Lipinski definition) is 1. The van der Waals surface area contributed by atoms with Crippen molar-refractivity contribution in [2.45, 2.75) is 19.4 Å². The maximum Gasteiger partial charge on any atom is 0.168 e. The Labute approximate surface area is 116 Å². The second kappa shape index (κ2) is 6.01. The van der Waals surface area contributed by atoms with Gasteiger partial charge < -0.3 is 9.84 Å². The van der Waals surface area contributed by atoms with Crippen molar-refractivity contribution >= 4 is 0 Å². The van der Waals surface area contributed by atoms with Gasteiger partial charge >= 0.3 is 0 Å². The molecule has 0 saturated heterocycles. The van der Waals surface area contributed by atoms with E-state index in [1.807, 2.05) is 0 Å². The molecule has 0 aliphatic carbocycles. The highest BCUT2D eigenvalue weighted by Crippen LogP contribution is 2.27. The molecule has 2 nitrogen and oxygen atoms in total. The molecule has 0 bridgehead atoms. The van der Waals surface area contributed by atoms with Crippen molar-refractivity contribution in [3.8, 4) is 5.75 Å². The van der Waals surface area contributed by atoms with Gasteiger partial charge in [-0.25, -0.2) is 8.78 Å². The van der Waals surface area contributed by atoms with Gasteiger partial charge in [-0.05, 0) is 24.1 Å². The van der Waals surface area contributed by atoms with E-state index in [1.54, 1.807) is 31.2 Å². The summed E-state index contributed by atoms with van der Waals surface area (Å²) in [5, 5.41) is 10.1. The van der Waals surface area contributed by atoms with Gasteiger partial charge in [0.05, 0.1) is 13.2 Å². The summed E-state index contributed by atoms with van der Waals surface area (Å²) in [6, 6.07) is 9.48. The number of aliphatic hydroxyl groups excluding tert-OH is 1. The van der Waals surface area contributed by atoms with Crippen LogP contribution in [0.5, 0.6) is 5.75 Å². The molecule has 2 aromatic rings. The van der Waals surface area contributed by atoms with Gasteiger partial charge in [-0.15, -0.1) is 0 Å². The third kappa shape index (κ3) is 2.80. The third-order valence-electron chi connectivity index (χ3n) is 3.26. The molecule has 1 unspecified atom stereocenters. The van der Waals surface area contributed by atoms with Crippen LogP contribution in [0.4, 0.5) is 8.78 Å². The summed E-state index contributed by atoms with van der Waals surface area (Å²) in [6.07, 6.45) is -1.11. The van der Waals surface area contributed by atoms with Gasteiger partial charge in [-0.2, -0.15) is 0 Å². The maximum absolute atomic E-state index is 14.0. The first kappa shape index (κ1) is 14.5. The van der Waals surface area contributed by atoms with E-state index in [0.29, 0.717) is 5.56 Å². The molecule has 0 aliphatic rings. The van der Waals surface area contributed by atoms with Gasteiger partial charge in [-0.3, -0.25) is 0 Å². The van der Waals surface area contributed by atoms with Gasteiger partial charge in [0.15, 0.2) is 11.6 Å². The Hall–Kier alpha value is -1.94. The summed E-state index contributed by atoms with van der Waals surface area (Å²) in [5.41, 5.74) is 0.914. The van der Waals surface area contributed by atoms with Crippen LogP contribution in [0.1, 0.15) is 22.8 Å². The van der Waals surface area contributed by atoms with Crippen molar-refractivity contribution in [3.05, 3.63) is 64.7 Å². The van der Waals surface area contributed by atoms with Gasteiger partial charge in [0, 0.05) is 12.0 Å². The molecule has 0 aromatic heterocycles. The molecule has 1 atom stereocenters. The molecule has 0 spiro atoms. The number of halogens is 2. The lowest BCUT2D eigenvalue weighted by Gasteiger charge is -2.14. The summed E-state index contributed by atoms with van der Waals surface area (Å²) in [7, 11) is 1.37. The third-order valence-corrected chi connectivity index (χ3v) is 3.26. The van der Waals surface area contributed by atoms with Crippen molar-refractivity contribution in [1.82, 2.24) is 0 Å². The van der Waals surface area contributed by atoms with Crippen molar-refractivity contribution in [1.29, 1.82) is 0 Å². The van der Waals surface area contributed by atoms with E-state index in [1.165, 1.54) is 19.2 Å². The van der Waals surface area contributed by atoms with E-state index in [9.17, 15) is 13.9 Å². The maximum atomic E-state index is 14.0. The summed E-state index contributed by atoms with van der Waals surface area (Å²) in [6.45, 7) is 1.62. The Morgan fingerprint density at radius 1 is 1.10 bits per heavy atom. The SMILES string of the molecule is COc1cccc(CC(O)c2cccc(C)c2F)c1F. The largest absolute Gasteiger partial charge is 0.494 e.